The van der Waals surface area contributed by atoms with E-state index in [1.54, 1.807) is 0 Å². The molecule has 1 aromatic carbocycles. The van der Waals surface area contributed by atoms with Gasteiger partial charge in [0.2, 0.25) is 11.8 Å². The lowest BCUT2D eigenvalue weighted by molar-refractivity contribution is -0.120. The Bertz CT molecular complexity index is 933. The molecule has 3 heterocycles. The van der Waals surface area contributed by atoms with Gasteiger partial charge in [0, 0.05) is 11.9 Å². The van der Waals surface area contributed by atoms with Crippen molar-refractivity contribution in [2.24, 2.45) is 5.92 Å². The highest BCUT2D eigenvalue weighted by Gasteiger charge is 2.21. The van der Waals surface area contributed by atoms with E-state index in [9.17, 15) is 4.79 Å². The average Bonchev–Trinajstić information content (AvgIpc) is 3.24. The highest BCUT2D eigenvalue weighted by molar-refractivity contribution is 5.87. The van der Waals surface area contributed by atoms with Gasteiger partial charge < -0.3 is 9.73 Å². The molecule has 7 heteroatoms. The molecule has 0 atom stereocenters. The zero-order chi connectivity index (χ0) is 19.5. The average molecular weight is 381 g/mol. The fraction of sp³-hybridized carbons (Fsp3) is 0.476. The number of para-hydroxylation sites is 1. The van der Waals surface area contributed by atoms with Crippen LogP contribution >= 0.6 is 0 Å². The molecular formula is C21H27N5O2. The van der Waals surface area contributed by atoms with Crippen LogP contribution < -0.4 is 5.32 Å². The largest absolute Gasteiger partial charge is 0.444 e. The molecule has 148 valence electrons. The van der Waals surface area contributed by atoms with E-state index >= 15 is 0 Å². The third kappa shape index (κ3) is 4.25. The van der Waals surface area contributed by atoms with Crippen molar-refractivity contribution in [1.82, 2.24) is 25.4 Å². The second-order valence-corrected chi connectivity index (χ2v) is 7.67. The summed E-state index contributed by atoms with van der Waals surface area (Å²) in [5.41, 5.74) is 2.74. The summed E-state index contributed by atoms with van der Waals surface area (Å²) in [5, 5.41) is 11.3. The molecule has 0 saturated carbocycles. The van der Waals surface area contributed by atoms with Gasteiger partial charge in [-0.15, -0.1) is 0 Å². The Morgan fingerprint density at radius 1 is 1.29 bits per heavy atom. The quantitative estimate of drug-likeness (QED) is 0.686. The smallest absolute Gasteiger partial charge is 0.226 e. The number of oxazole rings is 1. The molecular weight excluding hydrogens is 354 g/mol. The van der Waals surface area contributed by atoms with Crippen LogP contribution in [-0.2, 0) is 17.8 Å². The number of hydrogen-bond donors (Lipinski definition) is 2. The summed E-state index contributed by atoms with van der Waals surface area (Å²) in [6, 6.07) is 7.85. The number of piperidine rings is 1. The van der Waals surface area contributed by atoms with Gasteiger partial charge in [-0.1, -0.05) is 18.2 Å². The predicted molar refractivity (Wildman–Crippen MR) is 107 cm³/mol. The van der Waals surface area contributed by atoms with Gasteiger partial charge in [0.15, 0.2) is 0 Å². The molecule has 0 aliphatic carbocycles. The SMILES string of the molecule is Cc1nc(CN2CCC(CNC(=O)Cc3[nH]nc4ccccc34)CC2)oc1C. The minimum absolute atomic E-state index is 0.0440. The molecule has 2 N–H and O–H groups in total. The molecule has 1 amide bonds. The molecule has 1 aliphatic rings. The van der Waals surface area contributed by atoms with Crippen LogP contribution in [0.25, 0.3) is 10.9 Å². The summed E-state index contributed by atoms with van der Waals surface area (Å²) in [5.74, 6) is 2.26. The monoisotopic (exact) mass is 381 g/mol. The normalized spacial score (nSPS) is 15.9. The van der Waals surface area contributed by atoms with E-state index in [1.165, 1.54) is 0 Å². The summed E-state index contributed by atoms with van der Waals surface area (Å²) in [6.07, 6.45) is 2.49. The van der Waals surface area contributed by atoms with Crippen molar-refractivity contribution in [3.05, 3.63) is 47.3 Å². The predicted octanol–water partition coefficient (Wildman–Crippen LogP) is 2.74. The fourth-order valence-electron chi connectivity index (χ4n) is 3.78. The number of nitrogens with zero attached hydrogens (tertiary/aromatic N) is 3. The molecule has 0 radical (unpaired) electrons. The second kappa shape index (κ2) is 8.14. The minimum Gasteiger partial charge on any atom is -0.444 e. The van der Waals surface area contributed by atoms with Crippen molar-refractivity contribution >= 4 is 16.8 Å². The topological polar surface area (TPSA) is 87.0 Å². The number of aromatic nitrogens is 3. The van der Waals surface area contributed by atoms with Crippen molar-refractivity contribution in [3.8, 4) is 0 Å². The Morgan fingerprint density at radius 3 is 2.82 bits per heavy atom. The lowest BCUT2D eigenvalue weighted by atomic mass is 9.96. The van der Waals surface area contributed by atoms with Crippen LogP contribution in [0.15, 0.2) is 28.7 Å². The number of benzene rings is 1. The van der Waals surface area contributed by atoms with Crippen LogP contribution in [0, 0.1) is 19.8 Å². The third-order valence-electron chi connectivity index (χ3n) is 5.60. The second-order valence-electron chi connectivity index (χ2n) is 7.67. The summed E-state index contributed by atoms with van der Waals surface area (Å²) < 4.78 is 5.69. The third-order valence-corrected chi connectivity index (χ3v) is 5.60. The molecule has 1 aliphatic heterocycles. The molecule has 4 rings (SSSR count). The van der Waals surface area contributed by atoms with Gasteiger partial charge in [-0.2, -0.15) is 5.10 Å². The van der Waals surface area contributed by atoms with Gasteiger partial charge in [0.25, 0.3) is 0 Å². The van der Waals surface area contributed by atoms with Crippen molar-refractivity contribution < 1.29 is 9.21 Å². The summed E-state index contributed by atoms with van der Waals surface area (Å²) >= 11 is 0. The highest BCUT2D eigenvalue weighted by Crippen LogP contribution is 2.20. The van der Waals surface area contributed by atoms with E-state index in [4.69, 9.17) is 4.42 Å². The molecule has 3 aromatic rings. The van der Waals surface area contributed by atoms with Crippen LogP contribution in [0.1, 0.15) is 35.9 Å². The number of nitrogens with one attached hydrogen (secondary N) is 2. The number of aromatic amines is 1. The Balaban J connectivity index is 1.21. The minimum atomic E-state index is 0.0440. The van der Waals surface area contributed by atoms with E-state index < -0.39 is 0 Å². The van der Waals surface area contributed by atoms with Crippen LogP contribution in [0.5, 0.6) is 0 Å². The number of likely N-dealkylation sites (tertiary alicyclic amines) is 1. The van der Waals surface area contributed by atoms with Crippen LogP contribution in [0.4, 0.5) is 0 Å². The molecule has 0 bridgehead atoms. The standard InChI is InChI=1S/C21H27N5O2/c1-14-15(2)28-21(23-14)13-26-9-7-16(8-10-26)12-22-20(27)11-19-17-5-3-4-6-18(17)24-25-19/h3-6,16H,7-13H2,1-2H3,(H,22,27)(H,24,25). The zero-order valence-electron chi connectivity index (χ0n) is 16.5. The van der Waals surface area contributed by atoms with Gasteiger partial charge in [-0.25, -0.2) is 4.98 Å². The molecule has 28 heavy (non-hydrogen) atoms. The zero-order valence-corrected chi connectivity index (χ0v) is 16.5. The van der Waals surface area contributed by atoms with Gasteiger partial charge in [-0.3, -0.25) is 14.8 Å². The molecule has 2 aromatic heterocycles. The highest BCUT2D eigenvalue weighted by atomic mass is 16.4. The maximum absolute atomic E-state index is 12.3. The van der Waals surface area contributed by atoms with E-state index in [0.717, 1.165) is 73.0 Å². The Morgan fingerprint density at radius 2 is 2.07 bits per heavy atom. The lowest BCUT2D eigenvalue weighted by Gasteiger charge is -2.31. The first kappa shape index (κ1) is 18.7. The number of rotatable bonds is 6. The van der Waals surface area contributed by atoms with Crippen LogP contribution in [0.3, 0.4) is 0 Å². The Kier molecular flexibility index (Phi) is 5.43. The number of carbonyl (C=O) groups excluding carboxylic acids is 1. The van der Waals surface area contributed by atoms with Crippen LogP contribution in [-0.4, -0.2) is 45.6 Å². The fourth-order valence-corrected chi connectivity index (χ4v) is 3.78. The molecule has 1 saturated heterocycles. The molecule has 0 unspecified atom stereocenters. The van der Waals surface area contributed by atoms with Gasteiger partial charge >= 0.3 is 0 Å². The van der Waals surface area contributed by atoms with Crippen molar-refractivity contribution in [2.45, 2.75) is 39.7 Å². The molecule has 1 fully saturated rings. The molecule has 7 nitrogen and oxygen atoms in total. The maximum atomic E-state index is 12.3. The number of carbonyl (C=O) groups is 1. The Hall–Kier alpha value is -2.67. The summed E-state index contributed by atoms with van der Waals surface area (Å²) in [7, 11) is 0. The van der Waals surface area contributed by atoms with E-state index in [0.29, 0.717) is 12.3 Å². The first-order valence-electron chi connectivity index (χ1n) is 9.92. The van der Waals surface area contributed by atoms with E-state index in [1.807, 2.05) is 38.1 Å². The van der Waals surface area contributed by atoms with Crippen molar-refractivity contribution in [2.75, 3.05) is 19.6 Å². The maximum Gasteiger partial charge on any atom is 0.226 e. The number of aryl methyl sites for hydroxylation is 2. The van der Waals surface area contributed by atoms with Gasteiger partial charge in [0.1, 0.15) is 5.76 Å². The van der Waals surface area contributed by atoms with E-state index in [-0.39, 0.29) is 5.91 Å². The van der Waals surface area contributed by atoms with Crippen molar-refractivity contribution in [3.63, 3.8) is 0 Å². The summed E-state index contributed by atoms with van der Waals surface area (Å²) in [6.45, 7) is 7.44. The summed E-state index contributed by atoms with van der Waals surface area (Å²) in [4.78, 5) is 19.2. The number of fused-ring (bicyclic) bond motifs is 1. The van der Waals surface area contributed by atoms with Gasteiger partial charge in [-0.05, 0) is 51.8 Å². The van der Waals surface area contributed by atoms with E-state index in [2.05, 4.69) is 25.4 Å². The number of hydrogen-bond acceptors (Lipinski definition) is 5. The Labute approximate surface area is 164 Å². The number of amides is 1. The number of H-pyrrole nitrogens is 1. The van der Waals surface area contributed by atoms with Crippen LogP contribution in [0.2, 0.25) is 0 Å². The van der Waals surface area contributed by atoms with Gasteiger partial charge in [0.05, 0.1) is 29.9 Å². The first-order valence-corrected chi connectivity index (χ1v) is 9.92. The lowest BCUT2D eigenvalue weighted by Crippen LogP contribution is -2.38. The first-order chi connectivity index (χ1) is 13.6. The molecule has 0 spiro atoms. The van der Waals surface area contributed by atoms with Crippen molar-refractivity contribution in [1.29, 1.82) is 0 Å².